The molecule has 0 saturated heterocycles. The van der Waals surface area contributed by atoms with Crippen LogP contribution in [0.5, 0.6) is 0 Å². The van der Waals surface area contributed by atoms with Crippen molar-refractivity contribution in [3.8, 4) is 0 Å². The molecule has 62 valence electrons. The second kappa shape index (κ2) is 3.94. The summed E-state index contributed by atoms with van der Waals surface area (Å²) in [6, 6.07) is 0. The molecule has 0 bridgehead atoms. The smallest absolute Gasteiger partial charge is 0.0484 e. The summed E-state index contributed by atoms with van der Waals surface area (Å²) in [7, 11) is 0. The molecule has 0 aromatic rings. The van der Waals surface area contributed by atoms with Crippen LogP contribution in [-0.4, -0.2) is 18.3 Å². The maximum absolute atomic E-state index is 8.95. The summed E-state index contributed by atoms with van der Waals surface area (Å²) in [5, 5.41) is 8.95. The van der Waals surface area contributed by atoms with Crippen molar-refractivity contribution in [3.63, 3.8) is 0 Å². The summed E-state index contributed by atoms with van der Waals surface area (Å²) >= 11 is 0. The van der Waals surface area contributed by atoms with E-state index >= 15 is 0 Å². The minimum Gasteiger partial charge on any atom is -0.396 e. The van der Waals surface area contributed by atoms with E-state index in [1.165, 1.54) is 0 Å². The minimum absolute atomic E-state index is 0.0272. The highest BCUT2D eigenvalue weighted by Crippen LogP contribution is 2.27. The lowest BCUT2D eigenvalue weighted by molar-refractivity contribution is 0.101. The highest BCUT2D eigenvalue weighted by atomic mass is 16.3. The molecule has 0 aliphatic rings. The predicted molar refractivity (Wildman–Crippen MR) is 43.7 cm³/mol. The van der Waals surface area contributed by atoms with Gasteiger partial charge in [-0.1, -0.05) is 20.8 Å². The van der Waals surface area contributed by atoms with Crippen LogP contribution in [0.3, 0.4) is 0 Å². The summed E-state index contributed by atoms with van der Waals surface area (Å²) in [5.74, 6) is 0.502. The van der Waals surface area contributed by atoms with Gasteiger partial charge in [-0.15, -0.1) is 0 Å². The Kier molecular flexibility index (Phi) is 3.91. The van der Waals surface area contributed by atoms with Gasteiger partial charge in [-0.25, -0.2) is 0 Å². The fourth-order valence-electron chi connectivity index (χ4n) is 0.797. The molecule has 0 rings (SSSR count). The van der Waals surface area contributed by atoms with Crippen LogP contribution in [0.2, 0.25) is 0 Å². The summed E-state index contributed by atoms with van der Waals surface area (Å²) < 4.78 is 0. The van der Waals surface area contributed by atoms with Crippen LogP contribution in [0.25, 0.3) is 0 Å². The van der Waals surface area contributed by atoms with Crippen LogP contribution in [0, 0.1) is 11.3 Å². The summed E-state index contributed by atoms with van der Waals surface area (Å²) in [6.07, 6.45) is 0.994. The van der Waals surface area contributed by atoms with E-state index in [4.69, 9.17) is 10.8 Å². The predicted octanol–water partition coefficient (Wildman–Crippen LogP) is 0.990. The Morgan fingerprint density at radius 3 is 2.30 bits per heavy atom. The first-order valence-corrected chi connectivity index (χ1v) is 3.85. The molecule has 2 nitrogen and oxygen atoms in total. The van der Waals surface area contributed by atoms with Gasteiger partial charge in [0.05, 0.1) is 0 Å². The average Bonchev–Trinajstić information content (AvgIpc) is 1.89. The molecular weight excluding hydrogens is 126 g/mol. The zero-order valence-corrected chi connectivity index (χ0v) is 7.22. The van der Waals surface area contributed by atoms with Gasteiger partial charge in [0.15, 0.2) is 0 Å². The number of nitrogens with two attached hydrogens (primary N) is 1. The van der Waals surface area contributed by atoms with Gasteiger partial charge in [0, 0.05) is 6.61 Å². The van der Waals surface area contributed by atoms with Gasteiger partial charge in [0.25, 0.3) is 0 Å². The van der Waals surface area contributed by atoms with E-state index in [-0.39, 0.29) is 12.0 Å². The average molecular weight is 145 g/mol. The highest BCUT2D eigenvalue weighted by Gasteiger charge is 2.23. The Bertz CT molecular complexity index is 91.3. The van der Waals surface area contributed by atoms with Crippen LogP contribution in [-0.2, 0) is 0 Å². The molecule has 0 aromatic carbocycles. The van der Waals surface area contributed by atoms with Crippen LogP contribution < -0.4 is 5.73 Å². The van der Waals surface area contributed by atoms with Crippen molar-refractivity contribution in [1.29, 1.82) is 0 Å². The van der Waals surface area contributed by atoms with E-state index in [0.29, 0.717) is 12.5 Å². The second-order valence-electron chi connectivity index (χ2n) is 3.63. The van der Waals surface area contributed by atoms with Crippen molar-refractivity contribution in [1.82, 2.24) is 0 Å². The fraction of sp³-hybridized carbons (Fsp3) is 1.00. The maximum Gasteiger partial charge on any atom is 0.0484 e. The van der Waals surface area contributed by atoms with E-state index in [1.807, 2.05) is 0 Å². The Balaban J connectivity index is 3.78. The highest BCUT2D eigenvalue weighted by molar-refractivity contribution is 4.74. The minimum atomic E-state index is 0.0272. The van der Waals surface area contributed by atoms with E-state index in [2.05, 4.69) is 20.8 Å². The third-order valence-corrected chi connectivity index (χ3v) is 2.34. The van der Waals surface area contributed by atoms with Gasteiger partial charge < -0.3 is 10.8 Å². The van der Waals surface area contributed by atoms with Crippen molar-refractivity contribution in [2.24, 2.45) is 17.1 Å². The molecule has 0 fully saturated rings. The first kappa shape index (κ1) is 9.92. The van der Waals surface area contributed by atoms with Crippen molar-refractivity contribution < 1.29 is 5.11 Å². The lowest BCUT2D eigenvalue weighted by Crippen LogP contribution is -2.27. The normalized spacial score (nSPS) is 15.3. The topological polar surface area (TPSA) is 46.2 Å². The lowest BCUT2D eigenvalue weighted by Gasteiger charge is -2.29. The van der Waals surface area contributed by atoms with Crippen molar-refractivity contribution >= 4 is 0 Å². The number of rotatable bonds is 4. The van der Waals surface area contributed by atoms with Crippen LogP contribution in [0.4, 0.5) is 0 Å². The van der Waals surface area contributed by atoms with Crippen molar-refractivity contribution in [3.05, 3.63) is 0 Å². The molecule has 0 saturated carbocycles. The quantitative estimate of drug-likeness (QED) is 0.619. The van der Waals surface area contributed by atoms with Gasteiger partial charge in [-0.2, -0.15) is 0 Å². The number of aliphatic hydroxyl groups is 1. The zero-order valence-electron chi connectivity index (χ0n) is 7.22. The largest absolute Gasteiger partial charge is 0.396 e. The zero-order chi connectivity index (χ0) is 8.20. The summed E-state index contributed by atoms with van der Waals surface area (Å²) in [4.78, 5) is 0. The van der Waals surface area contributed by atoms with Gasteiger partial charge >= 0.3 is 0 Å². The molecule has 0 heterocycles. The summed E-state index contributed by atoms with van der Waals surface area (Å²) in [5.41, 5.74) is 5.43. The Morgan fingerprint density at radius 1 is 1.50 bits per heavy atom. The monoisotopic (exact) mass is 145 g/mol. The first-order valence-electron chi connectivity index (χ1n) is 3.85. The number of hydrogen-bond donors (Lipinski definition) is 2. The van der Waals surface area contributed by atoms with Crippen LogP contribution >= 0.6 is 0 Å². The van der Waals surface area contributed by atoms with Crippen molar-refractivity contribution in [2.45, 2.75) is 27.2 Å². The standard InChI is InChI=1S/C8H19NO/c1-7(4-5-9)8(2,3)6-10/h7,10H,4-6,9H2,1-3H3. The molecule has 0 amide bonds. The Hall–Kier alpha value is -0.0800. The lowest BCUT2D eigenvalue weighted by atomic mass is 9.79. The molecule has 1 unspecified atom stereocenters. The molecule has 0 aliphatic carbocycles. The number of hydrogen-bond acceptors (Lipinski definition) is 2. The van der Waals surface area contributed by atoms with Gasteiger partial charge in [-0.05, 0) is 24.3 Å². The Labute approximate surface area is 63.4 Å². The molecule has 2 heteroatoms. The second-order valence-corrected chi connectivity index (χ2v) is 3.63. The van der Waals surface area contributed by atoms with Crippen molar-refractivity contribution in [2.75, 3.05) is 13.2 Å². The molecule has 10 heavy (non-hydrogen) atoms. The van der Waals surface area contributed by atoms with E-state index in [9.17, 15) is 0 Å². The first-order chi connectivity index (χ1) is 4.54. The molecule has 0 aromatic heterocycles. The Morgan fingerprint density at radius 2 is 2.00 bits per heavy atom. The molecule has 0 radical (unpaired) electrons. The third kappa shape index (κ3) is 2.67. The SMILES string of the molecule is CC(CCN)C(C)(C)CO. The van der Waals surface area contributed by atoms with Gasteiger partial charge in [0.1, 0.15) is 0 Å². The number of aliphatic hydroxyl groups excluding tert-OH is 1. The fourth-order valence-corrected chi connectivity index (χ4v) is 0.797. The molecule has 3 N–H and O–H groups in total. The molecule has 0 aliphatic heterocycles. The molecular formula is C8H19NO. The molecule has 0 spiro atoms. The maximum atomic E-state index is 8.95. The van der Waals surface area contributed by atoms with Crippen LogP contribution in [0.1, 0.15) is 27.2 Å². The summed E-state index contributed by atoms with van der Waals surface area (Å²) in [6.45, 7) is 7.21. The van der Waals surface area contributed by atoms with Gasteiger partial charge in [0.2, 0.25) is 0 Å². The van der Waals surface area contributed by atoms with Gasteiger partial charge in [-0.3, -0.25) is 0 Å². The van der Waals surface area contributed by atoms with E-state index in [1.54, 1.807) is 0 Å². The van der Waals surface area contributed by atoms with Crippen LogP contribution in [0.15, 0.2) is 0 Å². The van der Waals surface area contributed by atoms with E-state index in [0.717, 1.165) is 6.42 Å². The molecule has 1 atom stereocenters. The van der Waals surface area contributed by atoms with E-state index < -0.39 is 0 Å². The third-order valence-electron chi connectivity index (χ3n) is 2.34.